The molecule has 0 aromatic rings. The van der Waals surface area contributed by atoms with Crippen molar-refractivity contribution in [2.24, 2.45) is 11.8 Å². The van der Waals surface area contributed by atoms with Crippen molar-refractivity contribution in [3.05, 3.63) is 0 Å². The van der Waals surface area contributed by atoms with Crippen molar-refractivity contribution < 1.29 is 0 Å². The minimum atomic E-state index is -0.139. The fourth-order valence-electron chi connectivity index (χ4n) is 0.224. The van der Waals surface area contributed by atoms with Crippen molar-refractivity contribution in [3.63, 3.8) is 0 Å². The van der Waals surface area contributed by atoms with E-state index in [1.165, 1.54) is 0 Å². The van der Waals surface area contributed by atoms with Gasteiger partial charge in [-0.2, -0.15) is 10.5 Å². The molecule has 0 bridgehead atoms. The Morgan fingerprint density at radius 3 is 1.38 bits per heavy atom. The summed E-state index contributed by atoms with van der Waals surface area (Å²) in [6, 6.07) is 3.99. The van der Waals surface area contributed by atoms with E-state index in [0.29, 0.717) is 0 Å². The second-order valence-corrected chi connectivity index (χ2v) is 1.84. The van der Waals surface area contributed by atoms with Crippen molar-refractivity contribution in [2.45, 2.75) is 13.8 Å². The van der Waals surface area contributed by atoms with Gasteiger partial charge in [0.2, 0.25) is 0 Å². The molecule has 42 valence electrons. The third kappa shape index (κ3) is 1.62. The highest BCUT2D eigenvalue weighted by Gasteiger charge is 2.07. The van der Waals surface area contributed by atoms with E-state index in [0.717, 1.165) is 0 Å². The van der Waals surface area contributed by atoms with Gasteiger partial charge in [-0.25, -0.2) is 0 Å². The summed E-state index contributed by atoms with van der Waals surface area (Å²) >= 11 is 0. The summed E-state index contributed by atoms with van der Waals surface area (Å²) in [5.74, 6) is -0.278. The molecule has 0 heterocycles. The number of hydrogen-bond acceptors (Lipinski definition) is 2. The second kappa shape index (κ2) is 3.04. The van der Waals surface area contributed by atoms with Crippen molar-refractivity contribution in [1.29, 1.82) is 10.5 Å². The normalized spacial score (nSPS) is 15.5. The largest absolute Gasteiger partial charge is 0.198 e. The Bertz CT molecular complexity index is 120. The molecule has 0 unspecified atom stereocenters. The van der Waals surface area contributed by atoms with E-state index >= 15 is 0 Å². The van der Waals surface area contributed by atoms with Gasteiger partial charge in [0, 0.05) is 0 Å². The molecule has 0 amide bonds. The van der Waals surface area contributed by atoms with Crippen molar-refractivity contribution in [1.82, 2.24) is 0 Å². The highest BCUT2D eigenvalue weighted by molar-refractivity contribution is 4.93. The Hall–Kier alpha value is -1.02. The van der Waals surface area contributed by atoms with Crippen LogP contribution in [0, 0.1) is 34.5 Å². The molecular formula is C6H8N2. The van der Waals surface area contributed by atoms with Crippen molar-refractivity contribution in [2.75, 3.05) is 0 Å². The molecule has 2 nitrogen and oxygen atoms in total. The molecule has 0 fully saturated rings. The first-order valence-corrected chi connectivity index (χ1v) is 2.51. The molecule has 0 radical (unpaired) electrons. The van der Waals surface area contributed by atoms with Gasteiger partial charge in [-0.05, 0) is 13.8 Å². The summed E-state index contributed by atoms with van der Waals surface area (Å²) in [5, 5.41) is 16.5. The Labute approximate surface area is 49.3 Å². The van der Waals surface area contributed by atoms with Crippen LogP contribution in [0.15, 0.2) is 0 Å². The van der Waals surface area contributed by atoms with Crippen LogP contribution >= 0.6 is 0 Å². The molecule has 0 saturated heterocycles. The Morgan fingerprint density at radius 1 is 1.00 bits per heavy atom. The van der Waals surface area contributed by atoms with E-state index in [4.69, 9.17) is 10.5 Å². The van der Waals surface area contributed by atoms with Gasteiger partial charge in [-0.3, -0.25) is 0 Å². The number of hydrogen-bond donors (Lipinski definition) is 0. The van der Waals surface area contributed by atoms with Gasteiger partial charge in [0.15, 0.2) is 0 Å². The van der Waals surface area contributed by atoms with Gasteiger partial charge in [-0.1, -0.05) is 0 Å². The van der Waals surface area contributed by atoms with Crippen LogP contribution in [0.4, 0.5) is 0 Å². The highest BCUT2D eigenvalue weighted by atomic mass is 14.3. The monoisotopic (exact) mass is 108 g/mol. The van der Waals surface area contributed by atoms with Crippen LogP contribution in [0.3, 0.4) is 0 Å². The quantitative estimate of drug-likeness (QED) is 0.508. The Balaban J connectivity index is 3.72. The van der Waals surface area contributed by atoms with Gasteiger partial charge in [0.05, 0.1) is 24.0 Å². The zero-order chi connectivity index (χ0) is 6.57. The maximum absolute atomic E-state index is 8.24. The third-order valence-electron chi connectivity index (χ3n) is 1.16. The van der Waals surface area contributed by atoms with Crippen LogP contribution in [0.2, 0.25) is 0 Å². The second-order valence-electron chi connectivity index (χ2n) is 1.84. The minimum absolute atomic E-state index is 0.139. The van der Waals surface area contributed by atoms with Crippen LogP contribution in [0.1, 0.15) is 13.8 Å². The maximum atomic E-state index is 8.24. The highest BCUT2D eigenvalue weighted by Crippen LogP contribution is 2.06. The molecule has 0 N–H and O–H groups in total. The van der Waals surface area contributed by atoms with Crippen LogP contribution in [-0.4, -0.2) is 0 Å². The summed E-state index contributed by atoms with van der Waals surface area (Å²) < 4.78 is 0. The lowest BCUT2D eigenvalue weighted by molar-refractivity contribution is 0.582. The lowest BCUT2D eigenvalue weighted by Crippen LogP contribution is -2.01. The Morgan fingerprint density at radius 2 is 1.25 bits per heavy atom. The lowest BCUT2D eigenvalue weighted by atomic mass is 10.00. The van der Waals surface area contributed by atoms with Crippen LogP contribution in [-0.2, 0) is 0 Å². The van der Waals surface area contributed by atoms with Crippen molar-refractivity contribution in [3.8, 4) is 12.1 Å². The van der Waals surface area contributed by atoms with Crippen LogP contribution in [0.25, 0.3) is 0 Å². The van der Waals surface area contributed by atoms with Gasteiger partial charge >= 0.3 is 0 Å². The van der Waals surface area contributed by atoms with Crippen LogP contribution in [0.5, 0.6) is 0 Å². The third-order valence-corrected chi connectivity index (χ3v) is 1.16. The van der Waals surface area contributed by atoms with E-state index in [9.17, 15) is 0 Å². The summed E-state index contributed by atoms with van der Waals surface area (Å²) in [6.07, 6.45) is 0. The first kappa shape index (κ1) is 6.98. The number of rotatable bonds is 1. The van der Waals surface area contributed by atoms with E-state index in [1.807, 2.05) is 12.1 Å². The average molecular weight is 108 g/mol. The molecule has 0 aliphatic carbocycles. The number of nitriles is 2. The zero-order valence-corrected chi connectivity index (χ0v) is 5.05. The summed E-state index contributed by atoms with van der Waals surface area (Å²) in [6.45, 7) is 3.49. The number of nitrogens with zero attached hydrogens (tertiary/aromatic N) is 2. The van der Waals surface area contributed by atoms with Gasteiger partial charge in [0.25, 0.3) is 0 Å². The molecule has 0 rings (SSSR count). The smallest absolute Gasteiger partial charge is 0.0666 e. The molecule has 0 aliphatic rings. The fraction of sp³-hybridized carbons (Fsp3) is 0.667. The molecule has 2 heteroatoms. The molecule has 0 aliphatic heterocycles. The first-order valence-electron chi connectivity index (χ1n) is 2.51. The van der Waals surface area contributed by atoms with Crippen molar-refractivity contribution >= 4 is 0 Å². The van der Waals surface area contributed by atoms with Gasteiger partial charge < -0.3 is 0 Å². The zero-order valence-electron chi connectivity index (χ0n) is 5.05. The van der Waals surface area contributed by atoms with Gasteiger partial charge in [-0.15, -0.1) is 0 Å². The molecule has 0 saturated carbocycles. The van der Waals surface area contributed by atoms with E-state index in [-0.39, 0.29) is 11.8 Å². The minimum Gasteiger partial charge on any atom is -0.198 e. The van der Waals surface area contributed by atoms with E-state index in [2.05, 4.69) is 0 Å². The fourth-order valence-corrected chi connectivity index (χ4v) is 0.224. The van der Waals surface area contributed by atoms with E-state index in [1.54, 1.807) is 13.8 Å². The standard InChI is InChI=1S/C6H8N2/c1-5(3-7)6(2)4-8/h5-6H,1-2H3/t5-,6-/m1/s1. The van der Waals surface area contributed by atoms with Crippen LogP contribution < -0.4 is 0 Å². The average Bonchev–Trinajstić information content (AvgIpc) is 1.84. The predicted molar refractivity (Wildman–Crippen MR) is 29.6 cm³/mol. The predicted octanol–water partition coefficient (Wildman–Crippen LogP) is 1.31. The van der Waals surface area contributed by atoms with E-state index < -0.39 is 0 Å². The summed E-state index contributed by atoms with van der Waals surface area (Å²) in [5.41, 5.74) is 0. The topological polar surface area (TPSA) is 47.6 Å². The molecule has 0 spiro atoms. The maximum Gasteiger partial charge on any atom is 0.0666 e. The molecule has 0 aromatic carbocycles. The molecule has 2 atom stereocenters. The SMILES string of the molecule is C[C@H](C#N)[C@H](C)C#N. The molecule has 8 heavy (non-hydrogen) atoms. The summed E-state index contributed by atoms with van der Waals surface area (Å²) in [7, 11) is 0. The molecule has 0 aromatic heterocycles. The van der Waals surface area contributed by atoms with Gasteiger partial charge in [0.1, 0.15) is 0 Å². The summed E-state index contributed by atoms with van der Waals surface area (Å²) in [4.78, 5) is 0. The molecular weight excluding hydrogens is 100 g/mol. The Kier molecular flexibility index (Phi) is 2.66. The first-order chi connectivity index (χ1) is 3.72. The lowest BCUT2D eigenvalue weighted by Gasteiger charge is -1.99.